The highest BCUT2D eigenvalue weighted by atomic mass is 19.1. The van der Waals surface area contributed by atoms with Gasteiger partial charge in [0.25, 0.3) is 0 Å². The molecule has 8 nitrogen and oxygen atoms in total. The monoisotopic (exact) mass is 471 g/mol. The van der Waals surface area contributed by atoms with Crippen LogP contribution in [0, 0.1) is 11.7 Å². The molecule has 2 N–H and O–H groups in total. The number of carbonyl (C=O) groups is 2. The zero-order chi connectivity index (χ0) is 24.3. The lowest BCUT2D eigenvalue weighted by Crippen LogP contribution is -2.43. The molecular weight excluding hydrogens is 437 g/mol. The number of nitrogens with zero attached hydrogens (tertiary/aromatic N) is 3. The third-order valence-electron chi connectivity index (χ3n) is 6.39. The molecule has 34 heavy (non-hydrogen) atoms. The first-order valence-electron chi connectivity index (χ1n) is 12.2. The number of fused-ring (bicyclic) bond motifs is 1. The topological polar surface area (TPSA) is 98.1 Å². The number of anilines is 1. The molecule has 0 bridgehead atoms. The Hall–Kier alpha value is -2.97. The molecule has 4 rings (SSSR count). The third-order valence-corrected chi connectivity index (χ3v) is 6.39. The molecule has 1 aliphatic heterocycles. The van der Waals surface area contributed by atoms with Crippen LogP contribution >= 0.6 is 0 Å². The van der Waals surface area contributed by atoms with Gasteiger partial charge in [0.1, 0.15) is 17.2 Å². The summed E-state index contributed by atoms with van der Waals surface area (Å²) in [5.74, 6) is -0.555. The summed E-state index contributed by atoms with van der Waals surface area (Å²) in [4.78, 5) is 29.2. The van der Waals surface area contributed by atoms with Gasteiger partial charge in [-0.2, -0.15) is 5.10 Å². The molecule has 1 fully saturated rings. The molecule has 0 unspecified atom stereocenters. The summed E-state index contributed by atoms with van der Waals surface area (Å²) in [5, 5.41) is 10.2. The molecule has 0 radical (unpaired) electrons. The van der Waals surface area contributed by atoms with Crippen LogP contribution in [0.15, 0.2) is 18.5 Å². The van der Waals surface area contributed by atoms with E-state index < -0.39 is 17.5 Å². The van der Waals surface area contributed by atoms with Crippen LogP contribution in [0.1, 0.15) is 71.4 Å². The summed E-state index contributed by atoms with van der Waals surface area (Å²) < 4.78 is 22.0. The quantitative estimate of drug-likeness (QED) is 0.665. The van der Waals surface area contributed by atoms with Gasteiger partial charge in [-0.05, 0) is 65.4 Å². The SMILES string of the molecule is CC(C)(C)OC(=O)N[C@@H]1CCC[C@H](C(=O)Nc2cc(-c3cnn4c3CCCCC4)c(F)cn2)C1. The summed E-state index contributed by atoms with van der Waals surface area (Å²) in [6.07, 6.45) is 9.37. The van der Waals surface area contributed by atoms with Crippen LogP contribution in [0.2, 0.25) is 0 Å². The lowest BCUT2D eigenvalue weighted by Gasteiger charge is -2.30. The predicted molar refractivity (Wildman–Crippen MR) is 127 cm³/mol. The number of hydrogen-bond donors (Lipinski definition) is 2. The van der Waals surface area contributed by atoms with Crippen LogP contribution in [0.5, 0.6) is 0 Å². The predicted octanol–water partition coefficient (Wildman–Crippen LogP) is 4.83. The molecule has 1 aliphatic carbocycles. The maximum absolute atomic E-state index is 14.7. The standard InChI is InChI=1S/C25H34FN5O3/c1-25(2,3)34-24(33)29-17-9-7-8-16(12-17)23(32)30-22-13-18(20(26)15-27-22)19-14-28-31-11-6-4-5-10-21(19)31/h13-17H,4-12H2,1-3H3,(H,29,33)(H,27,30,32)/t16-,17+/m0/s1. The Morgan fingerprint density at radius 1 is 1.12 bits per heavy atom. The number of aryl methyl sites for hydroxylation is 1. The van der Waals surface area contributed by atoms with Gasteiger partial charge in [-0.3, -0.25) is 9.48 Å². The second kappa shape index (κ2) is 10.1. The van der Waals surface area contributed by atoms with E-state index in [0.29, 0.717) is 17.8 Å². The Labute approximate surface area is 199 Å². The van der Waals surface area contributed by atoms with Crippen LogP contribution in [-0.4, -0.2) is 38.4 Å². The van der Waals surface area contributed by atoms with Gasteiger partial charge in [-0.1, -0.05) is 12.8 Å². The number of amides is 2. The molecule has 9 heteroatoms. The van der Waals surface area contributed by atoms with Gasteiger partial charge < -0.3 is 15.4 Å². The minimum Gasteiger partial charge on any atom is -0.444 e. The number of alkyl carbamates (subject to hydrolysis) is 1. The van der Waals surface area contributed by atoms with Crippen LogP contribution < -0.4 is 10.6 Å². The van der Waals surface area contributed by atoms with E-state index in [2.05, 4.69) is 20.7 Å². The number of aromatic nitrogens is 3. The summed E-state index contributed by atoms with van der Waals surface area (Å²) in [6, 6.07) is 1.47. The Balaban J connectivity index is 1.43. The number of ether oxygens (including phenoxy) is 1. The lowest BCUT2D eigenvalue weighted by atomic mass is 9.85. The third kappa shape index (κ3) is 5.93. The van der Waals surface area contributed by atoms with Crippen molar-refractivity contribution in [3.8, 4) is 11.1 Å². The zero-order valence-corrected chi connectivity index (χ0v) is 20.2. The van der Waals surface area contributed by atoms with Gasteiger partial charge in [0.2, 0.25) is 5.91 Å². The van der Waals surface area contributed by atoms with Crippen molar-refractivity contribution in [3.63, 3.8) is 0 Å². The van der Waals surface area contributed by atoms with Crippen molar-refractivity contribution in [2.75, 3.05) is 5.32 Å². The summed E-state index contributed by atoms with van der Waals surface area (Å²) in [5.41, 5.74) is 1.62. The second-order valence-electron chi connectivity index (χ2n) is 10.3. The summed E-state index contributed by atoms with van der Waals surface area (Å²) in [7, 11) is 0. The molecule has 0 saturated heterocycles. The van der Waals surface area contributed by atoms with E-state index in [1.807, 2.05) is 25.5 Å². The van der Waals surface area contributed by atoms with Crippen LogP contribution in [-0.2, 0) is 22.5 Å². The van der Waals surface area contributed by atoms with Crippen molar-refractivity contribution in [2.24, 2.45) is 5.92 Å². The molecule has 2 aromatic heterocycles. The van der Waals surface area contributed by atoms with Crippen molar-refractivity contribution in [1.29, 1.82) is 0 Å². The highest BCUT2D eigenvalue weighted by molar-refractivity contribution is 5.92. The number of halogens is 1. The molecule has 2 aliphatic rings. The van der Waals surface area contributed by atoms with Crippen molar-refractivity contribution in [1.82, 2.24) is 20.1 Å². The molecule has 0 spiro atoms. The second-order valence-corrected chi connectivity index (χ2v) is 10.3. The van der Waals surface area contributed by atoms with Gasteiger partial charge in [0.05, 0.1) is 12.4 Å². The first kappa shape index (κ1) is 24.2. The largest absolute Gasteiger partial charge is 0.444 e. The molecule has 2 atom stereocenters. The average Bonchev–Trinajstić information content (AvgIpc) is 3.01. The molecule has 2 aromatic rings. The lowest BCUT2D eigenvalue weighted by molar-refractivity contribution is -0.121. The van der Waals surface area contributed by atoms with Crippen molar-refractivity contribution >= 4 is 17.8 Å². The van der Waals surface area contributed by atoms with Crippen LogP contribution in [0.3, 0.4) is 0 Å². The van der Waals surface area contributed by atoms with E-state index in [1.165, 1.54) is 0 Å². The fourth-order valence-electron chi connectivity index (χ4n) is 4.80. The van der Waals surface area contributed by atoms with E-state index in [1.54, 1.807) is 12.3 Å². The van der Waals surface area contributed by atoms with E-state index >= 15 is 0 Å². The Morgan fingerprint density at radius 2 is 1.94 bits per heavy atom. The van der Waals surface area contributed by atoms with Gasteiger partial charge in [0, 0.05) is 35.3 Å². The van der Waals surface area contributed by atoms with Crippen molar-refractivity contribution in [2.45, 2.75) is 90.3 Å². The fourth-order valence-corrected chi connectivity index (χ4v) is 4.80. The smallest absolute Gasteiger partial charge is 0.407 e. The highest BCUT2D eigenvalue weighted by Gasteiger charge is 2.30. The maximum atomic E-state index is 14.7. The molecule has 1 saturated carbocycles. The Morgan fingerprint density at radius 3 is 2.74 bits per heavy atom. The summed E-state index contributed by atoms with van der Waals surface area (Å²) in [6.45, 7) is 6.28. The zero-order valence-electron chi connectivity index (χ0n) is 20.2. The fraction of sp³-hybridized carbons (Fsp3) is 0.600. The van der Waals surface area contributed by atoms with Gasteiger partial charge in [-0.15, -0.1) is 0 Å². The van der Waals surface area contributed by atoms with Gasteiger partial charge >= 0.3 is 6.09 Å². The van der Waals surface area contributed by atoms with Crippen molar-refractivity contribution in [3.05, 3.63) is 30.0 Å². The number of hydrogen-bond acceptors (Lipinski definition) is 5. The maximum Gasteiger partial charge on any atom is 0.407 e. The molecule has 2 amide bonds. The first-order chi connectivity index (χ1) is 16.2. The first-order valence-corrected chi connectivity index (χ1v) is 12.2. The van der Waals surface area contributed by atoms with E-state index in [4.69, 9.17) is 4.74 Å². The van der Waals surface area contributed by atoms with Gasteiger partial charge in [-0.25, -0.2) is 14.2 Å². The van der Waals surface area contributed by atoms with E-state index in [0.717, 1.165) is 68.9 Å². The number of carbonyl (C=O) groups excluding carboxylic acids is 2. The normalized spacial score (nSPS) is 20.7. The molecule has 0 aromatic carbocycles. The number of pyridine rings is 1. The minimum absolute atomic E-state index is 0.126. The summed E-state index contributed by atoms with van der Waals surface area (Å²) >= 11 is 0. The average molecular weight is 472 g/mol. The van der Waals surface area contributed by atoms with E-state index in [9.17, 15) is 14.0 Å². The van der Waals surface area contributed by atoms with Crippen molar-refractivity contribution < 1.29 is 18.7 Å². The highest BCUT2D eigenvalue weighted by Crippen LogP contribution is 2.31. The Kier molecular flexibility index (Phi) is 7.19. The number of nitrogens with one attached hydrogen (secondary N) is 2. The minimum atomic E-state index is -0.574. The molecule has 3 heterocycles. The Bertz CT molecular complexity index is 1050. The van der Waals surface area contributed by atoms with Gasteiger partial charge in [0.15, 0.2) is 0 Å². The van der Waals surface area contributed by atoms with Crippen LogP contribution in [0.25, 0.3) is 11.1 Å². The molecular formula is C25H34FN5O3. The van der Waals surface area contributed by atoms with Crippen LogP contribution in [0.4, 0.5) is 15.0 Å². The molecule has 184 valence electrons. The number of rotatable bonds is 4. The van der Waals surface area contributed by atoms with E-state index in [-0.39, 0.29) is 17.9 Å².